The van der Waals surface area contributed by atoms with Crippen LogP contribution in [0.25, 0.3) is 5.69 Å². The second kappa shape index (κ2) is 9.20. The molecule has 2 heterocycles. The van der Waals surface area contributed by atoms with E-state index in [2.05, 4.69) is 5.10 Å². The number of hydrogen-bond donors (Lipinski definition) is 0. The summed E-state index contributed by atoms with van der Waals surface area (Å²) in [5, 5.41) is 4.65. The van der Waals surface area contributed by atoms with Gasteiger partial charge < -0.3 is 9.64 Å². The highest BCUT2D eigenvalue weighted by Crippen LogP contribution is 2.25. The molecule has 156 valence electrons. The Balaban J connectivity index is 1.93. The first-order valence-corrected chi connectivity index (χ1v) is 10.3. The summed E-state index contributed by atoms with van der Waals surface area (Å²) in [5.74, 6) is -0.932. The number of rotatable bonds is 6. The number of aryl methyl sites for hydroxylation is 1. The summed E-state index contributed by atoms with van der Waals surface area (Å²) in [6, 6.07) is 6.09. The van der Waals surface area contributed by atoms with Gasteiger partial charge in [-0.2, -0.15) is 5.10 Å². The number of carbonyl (C=O) groups is 2. The summed E-state index contributed by atoms with van der Waals surface area (Å²) < 4.78 is 20.2. The van der Waals surface area contributed by atoms with Crippen molar-refractivity contribution in [1.82, 2.24) is 14.7 Å². The number of carbonyl (C=O) groups excluding carboxylic acids is 2. The number of amides is 1. The van der Waals surface area contributed by atoms with Crippen molar-refractivity contribution in [1.29, 1.82) is 0 Å². The van der Waals surface area contributed by atoms with Crippen LogP contribution in [0.15, 0.2) is 24.3 Å². The lowest BCUT2D eigenvalue weighted by molar-refractivity contribution is -0.149. The summed E-state index contributed by atoms with van der Waals surface area (Å²) in [5.41, 5.74) is 2.84. The highest BCUT2D eigenvalue weighted by Gasteiger charge is 2.33. The van der Waals surface area contributed by atoms with Crippen LogP contribution in [-0.2, 0) is 22.4 Å². The normalized spacial score (nSPS) is 16.7. The van der Waals surface area contributed by atoms with Gasteiger partial charge in [-0.1, -0.05) is 13.8 Å². The molecule has 1 aromatic carbocycles. The molecule has 1 fully saturated rings. The highest BCUT2D eigenvalue weighted by molar-refractivity contribution is 5.97. The highest BCUT2D eigenvalue weighted by atomic mass is 19.1. The number of benzene rings is 1. The maximum atomic E-state index is 13.4. The molecule has 1 amide bonds. The molecule has 3 rings (SSSR count). The monoisotopic (exact) mass is 401 g/mol. The van der Waals surface area contributed by atoms with Gasteiger partial charge >= 0.3 is 5.97 Å². The van der Waals surface area contributed by atoms with Gasteiger partial charge in [0.1, 0.15) is 5.82 Å². The number of esters is 1. The molecule has 0 aliphatic carbocycles. The maximum Gasteiger partial charge on any atom is 0.310 e. The number of halogens is 1. The largest absolute Gasteiger partial charge is 0.466 e. The van der Waals surface area contributed by atoms with Crippen molar-refractivity contribution >= 4 is 11.9 Å². The summed E-state index contributed by atoms with van der Waals surface area (Å²) in [6.07, 6.45) is 2.72. The van der Waals surface area contributed by atoms with E-state index >= 15 is 0 Å². The Morgan fingerprint density at radius 1 is 1.17 bits per heavy atom. The molecule has 1 aliphatic rings. The summed E-state index contributed by atoms with van der Waals surface area (Å²) in [4.78, 5) is 27.3. The average molecular weight is 401 g/mol. The molecule has 0 spiro atoms. The SMILES string of the molecule is CCOC(=O)[C@@H]1CCCN(C(=O)c2c(CC)nn(-c3ccc(F)cc3)c2CC)C1. The lowest BCUT2D eigenvalue weighted by Gasteiger charge is -2.31. The predicted molar refractivity (Wildman–Crippen MR) is 108 cm³/mol. The summed E-state index contributed by atoms with van der Waals surface area (Å²) in [6.45, 7) is 7.05. The first kappa shape index (κ1) is 21.0. The third-order valence-corrected chi connectivity index (χ3v) is 5.34. The van der Waals surface area contributed by atoms with Crippen molar-refractivity contribution in [3.05, 3.63) is 47.0 Å². The fourth-order valence-electron chi connectivity index (χ4n) is 3.89. The molecule has 1 aliphatic heterocycles. The fraction of sp³-hybridized carbons (Fsp3) is 0.500. The number of ether oxygens (including phenoxy) is 1. The molecule has 0 unspecified atom stereocenters. The quantitative estimate of drug-likeness (QED) is 0.695. The van der Waals surface area contributed by atoms with Crippen molar-refractivity contribution in [2.75, 3.05) is 19.7 Å². The van der Waals surface area contributed by atoms with E-state index in [1.807, 2.05) is 13.8 Å². The first-order chi connectivity index (χ1) is 14.0. The summed E-state index contributed by atoms with van der Waals surface area (Å²) >= 11 is 0. The Morgan fingerprint density at radius 3 is 2.52 bits per heavy atom. The number of hydrogen-bond acceptors (Lipinski definition) is 4. The molecule has 7 heteroatoms. The van der Waals surface area contributed by atoms with Crippen molar-refractivity contribution in [3.8, 4) is 5.69 Å². The zero-order valence-corrected chi connectivity index (χ0v) is 17.3. The van der Waals surface area contributed by atoms with E-state index in [1.54, 1.807) is 28.6 Å². The number of nitrogens with zero attached hydrogens (tertiary/aromatic N) is 3. The smallest absolute Gasteiger partial charge is 0.310 e. The van der Waals surface area contributed by atoms with Gasteiger partial charge in [0.2, 0.25) is 0 Å². The van der Waals surface area contributed by atoms with E-state index < -0.39 is 0 Å². The van der Waals surface area contributed by atoms with Gasteiger partial charge in [-0.3, -0.25) is 9.59 Å². The minimum absolute atomic E-state index is 0.0962. The second-order valence-electron chi connectivity index (χ2n) is 7.21. The van der Waals surface area contributed by atoms with Gasteiger partial charge in [0.25, 0.3) is 5.91 Å². The number of piperidine rings is 1. The molecule has 0 bridgehead atoms. The molecular formula is C22H28FN3O3. The third-order valence-electron chi connectivity index (χ3n) is 5.34. The van der Waals surface area contributed by atoms with E-state index in [1.165, 1.54) is 12.1 Å². The van der Waals surface area contributed by atoms with Crippen LogP contribution in [0.3, 0.4) is 0 Å². The van der Waals surface area contributed by atoms with Crippen molar-refractivity contribution in [2.24, 2.45) is 5.92 Å². The Kier molecular flexibility index (Phi) is 6.67. The minimum Gasteiger partial charge on any atom is -0.466 e. The van der Waals surface area contributed by atoms with E-state index in [4.69, 9.17) is 4.74 Å². The second-order valence-corrected chi connectivity index (χ2v) is 7.21. The molecule has 29 heavy (non-hydrogen) atoms. The zero-order valence-electron chi connectivity index (χ0n) is 17.3. The van der Waals surface area contributed by atoms with Crippen LogP contribution in [0.2, 0.25) is 0 Å². The molecule has 0 saturated carbocycles. The average Bonchev–Trinajstić information content (AvgIpc) is 3.12. The molecular weight excluding hydrogens is 373 g/mol. The Morgan fingerprint density at radius 2 is 1.90 bits per heavy atom. The van der Waals surface area contributed by atoms with Crippen molar-refractivity contribution < 1.29 is 18.7 Å². The number of likely N-dealkylation sites (tertiary alicyclic amines) is 1. The molecule has 6 nitrogen and oxygen atoms in total. The van der Waals surface area contributed by atoms with Crippen LogP contribution in [0, 0.1) is 11.7 Å². The first-order valence-electron chi connectivity index (χ1n) is 10.3. The maximum absolute atomic E-state index is 13.4. The molecule has 1 aromatic heterocycles. The van der Waals surface area contributed by atoms with Crippen LogP contribution >= 0.6 is 0 Å². The van der Waals surface area contributed by atoms with Gasteiger partial charge in [-0.25, -0.2) is 9.07 Å². The molecule has 1 atom stereocenters. The fourth-order valence-corrected chi connectivity index (χ4v) is 3.89. The van der Waals surface area contributed by atoms with Gasteiger partial charge in [-0.15, -0.1) is 0 Å². The van der Waals surface area contributed by atoms with Crippen LogP contribution in [-0.4, -0.2) is 46.3 Å². The predicted octanol–water partition coefficient (Wildman–Crippen LogP) is 3.55. The molecule has 0 N–H and O–H groups in total. The van der Waals surface area contributed by atoms with Gasteiger partial charge in [-0.05, 0) is 56.9 Å². The molecule has 2 aromatic rings. The van der Waals surface area contributed by atoms with E-state index in [-0.39, 0.29) is 23.6 Å². The van der Waals surface area contributed by atoms with E-state index in [0.717, 1.165) is 29.9 Å². The van der Waals surface area contributed by atoms with Crippen LogP contribution in [0.1, 0.15) is 55.4 Å². The van der Waals surface area contributed by atoms with Gasteiger partial charge in [0.15, 0.2) is 0 Å². The topological polar surface area (TPSA) is 64.4 Å². The standard InChI is InChI=1S/C22H28FN3O3/c1-4-18-20(19(5-2)26(24-18)17-11-9-16(23)10-12-17)21(27)25-13-7-8-15(14-25)22(28)29-6-3/h9-12,15H,4-8,13-14H2,1-3H3/t15-/m1/s1. The lowest BCUT2D eigenvalue weighted by Crippen LogP contribution is -2.43. The van der Waals surface area contributed by atoms with Crippen LogP contribution < -0.4 is 0 Å². The number of aromatic nitrogens is 2. The third kappa shape index (κ3) is 4.33. The van der Waals surface area contributed by atoms with E-state index in [9.17, 15) is 14.0 Å². The van der Waals surface area contributed by atoms with E-state index in [0.29, 0.717) is 38.1 Å². The Bertz CT molecular complexity index is 876. The minimum atomic E-state index is -0.315. The van der Waals surface area contributed by atoms with Crippen LogP contribution in [0.4, 0.5) is 4.39 Å². The summed E-state index contributed by atoms with van der Waals surface area (Å²) in [7, 11) is 0. The van der Waals surface area contributed by atoms with Crippen molar-refractivity contribution in [2.45, 2.75) is 46.5 Å². The Labute approximate surface area is 170 Å². The lowest BCUT2D eigenvalue weighted by atomic mass is 9.97. The molecule has 0 radical (unpaired) electrons. The van der Waals surface area contributed by atoms with Crippen LogP contribution in [0.5, 0.6) is 0 Å². The zero-order chi connectivity index (χ0) is 21.0. The van der Waals surface area contributed by atoms with Gasteiger partial charge in [0.05, 0.1) is 35.2 Å². The van der Waals surface area contributed by atoms with Crippen molar-refractivity contribution in [3.63, 3.8) is 0 Å². The Hall–Kier alpha value is -2.70. The van der Waals surface area contributed by atoms with Gasteiger partial charge in [0, 0.05) is 13.1 Å². The molecule has 1 saturated heterocycles.